The molecule has 0 amide bonds. The number of ether oxygens (including phenoxy) is 2. The van der Waals surface area contributed by atoms with Crippen LogP contribution in [0.4, 0.5) is 0 Å². The smallest absolute Gasteiger partial charge is 0.342 e. The largest absolute Gasteiger partial charge is 0.485 e. The van der Waals surface area contributed by atoms with Gasteiger partial charge in [0.15, 0.2) is 11.3 Å². The third-order valence-corrected chi connectivity index (χ3v) is 3.70. The number of aromatic nitrogens is 1. The Morgan fingerprint density at radius 1 is 1.30 bits per heavy atom. The number of esters is 1. The predicted octanol–water partition coefficient (Wildman–Crippen LogP) is 4.35. The molecule has 5 nitrogen and oxygen atoms in total. The molecule has 0 unspecified atom stereocenters. The van der Waals surface area contributed by atoms with Crippen LogP contribution < -0.4 is 4.74 Å². The lowest BCUT2D eigenvalue weighted by Crippen LogP contribution is -2.03. The number of carbonyl (C=O) groups is 1. The number of nitrogens with zero attached hydrogens (tertiary/aromatic N) is 1. The van der Waals surface area contributed by atoms with Crippen LogP contribution in [0.3, 0.4) is 0 Å². The van der Waals surface area contributed by atoms with E-state index in [-0.39, 0.29) is 0 Å². The number of carbonyl (C=O) groups excluding carboxylic acids is 1. The number of pyridine rings is 1. The third kappa shape index (κ3) is 3.37. The van der Waals surface area contributed by atoms with Gasteiger partial charge in [-0.25, -0.2) is 4.79 Å². The molecular weight excluding hydrogens is 362 g/mol. The maximum absolute atomic E-state index is 12.0. The highest BCUT2D eigenvalue weighted by Gasteiger charge is 2.18. The van der Waals surface area contributed by atoms with E-state index in [0.29, 0.717) is 35.5 Å². The van der Waals surface area contributed by atoms with Gasteiger partial charge in [0.1, 0.15) is 18.4 Å². The monoisotopic (exact) mass is 375 g/mol. The fourth-order valence-electron chi connectivity index (χ4n) is 2.19. The number of hydrogen-bond acceptors (Lipinski definition) is 5. The number of furan rings is 1. The Balaban J connectivity index is 1.93. The highest BCUT2D eigenvalue weighted by atomic mass is 79.9. The highest BCUT2D eigenvalue weighted by Crippen LogP contribution is 2.34. The van der Waals surface area contributed by atoms with E-state index in [1.165, 1.54) is 6.26 Å². The van der Waals surface area contributed by atoms with Crippen LogP contribution in [0, 0.1) is 0 Å². The van der Waals surface area contributed by atoms with E-state index in [0.717, 1.165) is 10.0 Å². The molecule has 0 fully saturated rings. The lowest BCUT2D eigenvalue weighted by atomic mass is 10.1. The highest BCUT2D eigenvalue weighted by molar-refractivity contribution is 9.10. The second-order valence-electron chi connectivity index (χ2n) is 4.79. The molecule has 0 aliphatic carbocycles. The van der Waals surface area contributed by atoms with Crippen LogP contribution in [0.1, 0.15) is 22.8 Å². The van der Waals surface area contributed by atoms with E-state index in [2.05, 4.69) is 20.9 Å². The summed E-state index contributed by atoms with van der Waals surface area (Å²) in [6.45, 7) is 2.45. The zero-order valence-corrected chi connectivity index (χ0v) is 14.0. The summed E-state index contributed by atoms with van der Waals surface area (Å²) in [4.78, 5) is 15.9. The van der Waals surface area contributed by atoms with Gasteiger partial charge in [0.2, 0.25) is 0 Å². The molecule has 23 heavy (non-hydrogen) atoms. The molecule has 2 aromatic heterocycles. The van der Waals surface area contributed by atoms with Crippen LogP contribution in [0.25, 0.3) is 11.0 Å². The molecule has 0 atom stereocenters. The van der Waals surface area contributed by atoms with E-state index in [1.54, 1.807) is 19.3 Å². The van der Waals surface area contributed by atoms with E-state index in [4.69, 9.17) is 13.9 Å². The quantitative estimate of drug-likeness (QED) is 0.620. The molecule has 0 bridgehead atoms. The minimum Gasteiger partial charge on any atom is -0.485 e. The summed E-state index contributed by atoms with van der Waals surface area (Å²) >= 11 is 3.43. The van der Waals surface area contributed by atoms with Gasteiger partial charge in [0.25, 0.3) is 0 Å². The van der Waals surface area contributed by atoms with Crippen molar-refractivity contribution in [1.29, 1.82) is 0 Å². The van der Waals surface area contributed by atoms with Crippen LogP contribution in [0.2, 0.25) is 0 Å². The number of halogens is 1. The summed E-state index contributed by atoms with van der Waals surface area (Å²) in [7, 11) is 0. The normalized spacial score (nSPS) is 10.7. The predicted molar refractivity (Wildman–Crippen MR) is 88.4 cm³/mol. The molecule has 3 aromatic rings. The molecule has 0 aliphatic rings. The topological polar surface area (TPSA) is 61.6 Å². The van der Waals surface area contributed by atoms with Gasteiger partial charge in [0.05, 0.1) is 6.61 Å². The number of fused-ring (bicyclic) bond motifs is 1. The van der Waals surface area contributed by atoms with Crippen LogP contribution in [0.5, 0.6) is 5.75 Å². The Kier molecular flexibility index (Phi) is 4.62. The molecule has 2 heterocycles. The fourth-order valence-corrected chi connectivity index (χ4v) is 2.62. The van der Waals surface area contributed by atoms with E-state index < -0.39 is 5.97 Å². The lowest BCUT2D eigenvalue weighted by molar-refractivity contribution is 0.0527. The van der Waals surface area contributed by atoms with Crippen LogP contribution >= 0.6 is 15.9 Å². The zero-order chi connectivity index (χ0) is 16.2. The standard InChI is InChI=1S/C17H14BrNO4/c1-2-21-17(20)14-10-23-16-13(14)7-12(18)8-15(16)22-9-11-3-5-19-6-4-11/h3-8,10H,2,9H2,1H3. The summed E-state index contributed by atoms with van der Waals surface area (Å²) in [5.41, 5.74) is 1.90. The van der Waals surface area contributed by atoms with Gasteiger partial charge in [-0.3, -0.25) is 4.98 Å². The van der Waals surface area contributed by atoms with Crippen molar-refractivity contribution in [3.05, 3.63) is 58.5 Å². The summed E-state index contributed by atoms with van der Waals surface area (Å²) in [6, 6.07) is 7.37. The first-order valence-corrected chi connectivity index (χ1v) is 7.88. The Morgan fingerprint density at radius 3 is 2.83 bits per heavy atom. The first-order chi connectivity index (χ1) is 11.2. The first-order valence-electron chi connectivity index (χ1n) is 7.08. The van der Waals surface area contributed by atoms with E-state index >= 15 is 0 Å². The van der Waals surface area contributed by atoms with Gasteiger partial charge in [0, 0.05) is 22.3 Å². The second-order valence-corrected chi connectivity index (χ2v) is 5.71. The van der Waals surface area contributed by atoms with E-state index in [9.17, 15) is 4.79 Å². The zero-order valence-electron chi connectivity index (χ0n) is 12.4. The van der Waals surface area contributed by atoms with Crippen LogP contribution in [-0.4, -0.2) is 17.6 Å². The molecule has 3 rings (SSSR count). The summed E-state index contributed by atoms with van der Waals surface area (Å²) < 4.78 is 17.2. The molecule has 0 saturated carbocycles. The molecule has 1 aromatic carbocycles. The maximum atomic E-state index is 12.0. The molecule has 118 valence electrons. The summed E-state index contributed by atoms with van der Waals surface area (Å²) in [5.74, 6) is 0.145. The van der Waals surface area contributed by atoms with Gasteiger partial charge >= 0.3 is 5.97 Å². The Bertz CT molecular complexity index is 829. The minimum atomic E-state index is -0.413. The Hall–Kier alpha value is -2.34. The molecule has 0 N–H and O–H groups in total. The van der Waals surface area contributed by atoms with Crippen LogP contribution in [0.15, 0.2) is 51.8 Å². The van der Waals surface area contributed by atoms with Gasteiger partial charge in [-0.2, -0.15) is 0 Å². The number of hydrogen-bond donors (Lipinski definition) is 0. The van der Waals surface area contributed by atoms with Crippen molar-refractivity contribution in [2.24, 2.45) is 0 Å². The molecule has 0 saturated heterocycles. The van der Waals surface area contributed by atoms with Crippen molar-refractivity contribution < 1.29 is 18.7 Å². The molecule has 6 heteroatoms. The van der Waals surface area contributed by atoms with Gasteiger partial charge < -0.3 is 13.9 Å². The second kappa shape index (κ2) is 6.83. The number of rotatable bonds is 5. The molecular formula is C17H14BrNO4. The molecule has 0 aliphatic heterocycles. The van der Waals surface area contributed by atoms with Gasteiger partial charge in [-0.1, -0.05) is 15.9 Å². The van der Waals surface area contributed by atoms with Gasteiger partial charge in [-0.15, -0.1) is 0 Å². The average molecular weight is 376 g/mol. The number of benzene rings is 1. The lowest BCUT2D eigenvalue weighted by Gasteiger charge is -2.07. The summed E-state index contributed by atoms with van der Waals surface area (Å²) in [6.07, 6.45) is 4.82. The Morgan fingerprint density at radius 2 is 2.09 bits per heavy atom. The van der Waals surface area contributed by atoms with Gasteiger partial charge in [-0.05, 0) is 36.8 Å². The van der Waals surface area contributed by atoms with Crippen molar-refractivity contribution in [2.45, 2.75) is 13.5 Å². The van der Waals surface area contributed by atoms with Crippen LogP contribution in [-0.2, 0) is 11.3 Å². The van der Waals surface area contributed by atoms with Crippen molar-refractivity contribution in [3.63, 3.8) is 0 Å². The van der Waals surface area contributed by atoms with Crippen molar-refractivity contribution in [3.8, 4) is 5.75 Å². The van der Waals surface area contributed by atoms with Crippen molar-refractivity contribution in [2.75, 3.05) is 6.61 Å². The van der Waals surface area contributed by atoms with Crippen molar-refractivity contribution >= 4 is 32.9 Å². The molecule has 0 radical (unpaired) electrons. The van der Waals surface area contributed by atoms with E-state index in [1.807, 2.05) is 24.3 Å². The maximum Gasteiger partial charge on any atom is 0.342 e. The Labute approximate surface area is 141 Å². The fraction of sp³-hybridized carbons (Fsp3) is 0.176. The SMILES string of the molecule is CCOC(=O)c1coc2c(OCc3ccncc3)cc(Br)cc12. The molecule has 0 spiro atoms. The minimum absolute atomic E-state index is 0.310. The third-order valence-electron chi connectivity index (χ3n) is 3.24. The van der Waals surface area contributed by atoms with Crippen molar-refractivity contribution in [1.82, 2.24) is 4.98 Å². The average Bonchev–Trinajstić information content (AvgIpc) is 2.97. The first kappa shape index (κ1) is 15.6. The summed E-state index contributed by atoms with van der Waals surface area (Å²) in [5, 5.41) is 0.655.